The summed E-state index contributed by atoms with van der Waals surface area (Å²) in [5.74, 6) is -1.72. The van der Waals surface area contributed by atoms with E-state index in [0.717, 1.165) is 11.5 Å². The summed E-state index contributed by atoms with van der Waals surface area (Å²) in [5.41, 5.74) is 5.13. The van der Waals surface area contributed by atoms with Crippen molar-refractivity contribution in [3.63, 3.8) is 0 Å². The van der Waals surface area contributed by atoms with Crippen molar-refractivity contribution in [1.29, 1.82) is 0 Å². The molecule has 0 saturated heterocycles. The first kappa shape index (κ1) is 11.4. The van der Waals surface area contributed by atoms with Crippen molar-refractivity contribution in [2.45, 2.75) is 0 Å². The smallest absolute Gasteiger partial charge is 0.315 e. The summed E-state index contributed by atoms with van der Waals surface area (Å²) in [6, 6.07) is 0. The summed E-state index contributed by atoms with van der Waals surface area (Å²) in [6.45, 7) is -0.0318. The van der Waals surface area contributed by atoms with Gasteiger partial charge in [0.05, 0.1) is 11.5 Å². The molecule has 80 valence electrons. The van der Waals surface area contributed by atoms with E-state index in [4.69, 9.17) is 5.73 Å². The topological polar surface area (TPSA) is 123 Å². The highest BCUT2D eigenvalue weighted by Gasteiger charge is 2.14. The van der Waals surface area contributed by atoms with Gasteiger partial charge in [-0.05, 0) is 5.21 Å². The van der Waals surface area contributed by atoms with Crippen LogP contribution >= 0.6 is 23.8 Å². The van der Waals surface area contributed by atoms with Gasteiger partial charge in [-0.3, -0.25) is 14.9 Å². The lowest BCUT2D eigenvalue weighted by molar-refractivity contribution is -0.135. The van der Waals surface area contributed by atoms with Crippen molar-refractivity contribution >= 4 is 45.7 Å². The Morgan fingerprint density at radius 2 is 2.20 bits per heavy atom. The van der Waals surface area contributed by atoms with E-state index < -0.39 is 11.8 Å². The van der Waals surface area contributed by atoms with Crippen molar-refractivity contribution in [3.05, 3.63) is 0 Å². The zero-order chi connectivity index (χ0) is 11.3. The van der Waals surface area contributed by atoms with Gasteiger partial charge in [-0.1, -0.05) is 21.8 Å². The van der Waals surface area contributed by atoms with Crippen LogP contribution in [0.25, 0.3) is 0 Å². The van der Waals surface area contributed by atoms with E-state index in [-0.39, 0.29) is 16.7 Å². The lowest BCUT2D eigenvalue weighted by Gasteiger charge is -2.01. The first-order valence-corrected chi connectivity index (χ1v) is 4.80. The molecule has 0 bridgehead atoms. The van der Waals surface area contributed by atoms with Gasteiger partial charge in [0.2, 0.25) is 5.13 Å². The number of nitrogens with two attached hydrogens (primary N) is 1. The summed E-state index contributed by atoms with van der Waals surface area (Å²) in [6.07, 6.45) is 0. The number of amides is 2. The zero-order valence-electron chi connectivity index (χ0n) is 7.26. The van der Waals surface area contributed by atoms with E-state index >= 15 is 0 Å². The van der Waals surface area contributed by atoms with Crippen LogP contribution in [0.1, 0.15) is 0 Å². The SMILES string of the molecule is NC(=S)CNC(=O)C(=O)Nc1nnns1. The van der Waals surface area contributed by atoms with Crippen molar-refractivity contribution in [2.75, 3.05) is 11.9 Å². The number of anilines is 1. The van der Waals surface area contributed by atoms with Crippen molar-refractivity contribution in [3.8, 4) is 0 Å². The van der Waals surface area contributed by atoms with E-state index in [0.29, 0.717) is 0 Å². The van der Waals surface area contributed by atoms with Gasteiger partial charge in [-0.25, -0.2) is 0 Å². The van der Waals surface area contributed by atoms with Crippen LogP contribution in [0, 0.1) is 0 Å². The minimum Gasteiger partial charge on any atom is -0.392 e. The van der Waals surface area contributed by atoms with Gasteiger partial charge in [0.1, 0.15) is 0 Å². The first-order chi connectivity index (χ1) is 7.09. The molecule has 1 heterocycles. The Balaban J connectivity index is 2.40. The number of nitrogens with one attached hydrogen (secondary N) is 2. The molecule has 0 spiro atoms. The van der Waals surface area contributed by atoms with Crippen molar-refractivity contribution in [1.82, 2.24) is 20.1 Å². The molecular weight excluding hydrogens is 240 g/mol. The molecule has 0 aliphatic carbocycles. The van der Waals surface area contributed by atoms with E-state index in [1.807, 2.05) is 0 Å². The summed E-state index contributed by atoms with van der Waals surface area (Å²) >= 11 is 5.38. The zero-order valence-corrected chi connectivity index (χ0v) is 8.89. The number of carbonyl (C=O) groups is 2. The third-order valence-electron chi connectivity index (χ3n) is 1.15. The van der Waals surface area contributed by atoms with Crippen LogP contribution in [-0.2, 0) is 9.59 Å². The molecule has 4 N–H and O–H groups in total. The number of nitrogens with zero attached hydrogens (tertiary/aromatic N) is 3. The second-order valence-corrected chi connectivity index (χ2v) is 3.53. The molecule has 15 heavy (non-hydrogen) atoms. The highest BCUT2D eigenvalue weighted by Crippen LogP contribution is 2.03. The molecule has 2 amide bonds. The van der Waals surface area contributed by atoms with Gasteiger partial charge in [0.15, 0.2) is 0 Å². The Morgan fingerprint density at radius 3 is 2.73 bits per heavy atom. The van der Waals surface area contributed by atoms with Gasteiger partial charge in [0, 0.05) is 11.5 Å². The molecule has 0 unspecified atom stereocenters. The molecule has 1 aromatic heterocycles. The number of aromatic nitrogens is 3. The Hall–Kier alpha value is -1.68. The predicted octanol–water partition coefficient (Wildman–Crippen LogP) is -1.73. The summed E-state index contributed by atoms with van der Waals surface area (Å²) in [5, 5.41) is 11.2. The number of carbonyl (C=O) groups excluding carboxylic acids is 2. The summed E-state index contributed by atoms with van der Waals surface area (Å²) in [7, 11) is 0. The second-order valence-electron chi connectivity index (χ2n) is 2.27. The first-order valence-electron chi connectivity index (χ1n) is 3.62. The van der Waals surface area contributed by atoms with E-state index in [9.17, 15) is 9.59 Å². The molecule has 0 aliphatic rings. The monoisotopic (exact) mass is 246 g/mol. The minimum atomic E-state index is -0.871. The fraction of sp³-hybridized carbons (Fsp3) is 0.200. The van der Waals surface area contributed by atoms with Crippen LogP contribution in [0.3, 0.4) is 0 Å². The molecular formula is C5H6N6O2S2. The number of thiocarbonyl (C=S) groups is 1. The van der Waals surface area contributed by atoms with Gasteiger partial charge < -0.3 is 11.1 Å². The maximum absolute atomic E-state index is 11.1. The summed E-state index contributed by atoms with van der Waals surface area (Å²) in [4.78, 5) is 22.3. The lowest BCUT2D eigenvalue weighted by Crippen LogP contribution is -2.39. The summed E-state index contributed by atoms with van der Waals surface area (Å²) < 4.78 is 3.40. The van der Waals surface area contributed by atoms with Gasteiger partial charge in [-0.15, -0.1) is 0 Å². The Kier molecular flexibility index (Phi) is 4.00. The maximum atomic E-state index is 11.1. The second kappa shape index (κ2) is 5.26. The van der Waals surface area contributed by atoms with Crippen LogP contribution < -0.4 is 16.4 Å². The van der Waals surface area contributed by atoms with E-state index in [1.165, 1.54) is 0 Å². The average Bonchev–Trinajstić information content (AvgIpc) is 2.66. The fourth-order valence-electron chi connectivity index (χ4n) is 0.583. The Morgan fingerprint density at radius 1 is 1.47 bits per heavy atom. The third-order valence-corrected chi connectivity index (χ3v) is 1.80. The molecule has 10 heteroatoms. The van der Waals surface area contributed by atoms with E-state index in [1.54, 1.807) is 0 Å². The van der Waals surface area contributed by atoms with Crippen LogP contribution in [0.4, 0.5) is 5.13 Å². The quantitative estimate of drug-likeness (QED) is 0.428. The van der Waals surface area contributed by atoms with Crippen LogP contribution in [0.5, 0.6) is 0 Å². The number of hydrogen-bond donors (Lipinski definition) is 3. The highest BCUT2D eigenvalue weighted by atomic mass is 32.1. The van der Waals surface area contributed by atoms with Crippen LogP contribution in [-0.4, -0.2) is 38.1 Å². The average molecular weight is 246 g/mol. The minimum absolute atomic E-state index is 0.0318. The Bertz CT molecular complexity index is 377. The number of hydrogen-bond acceptors (Lipinski definition) is 7. The fourth-order valence-corrected chi connectivity index (χ4v) is 1.02. The Labute approximate surface area is 93.4 Å². The molecule has 0 atom stereocenters. The van der Waals surface area contributed by atoms with Gasteiger partial charge in [0.25, 0.3) is 0 Å². The van der Waals surface area contributed by atoms with Crippen LogP contribution in [0.15, 0.2) is 0 Å². The van der Waals surface area contributed by atoms with E-state index in [2.05, 4.69) is 37.7 Å². The standard InChI is InChI=1S/C5H6N6O2S2/c6-2(14)1-7-3(12)4(13)8-5-9-10-11-15-5/h1H2,(H2,6,14)(H,7,12)(H,8,9,11,13). The van der Waals surface area contributed by atoms with Crippen molar-refractivity contribution in [2.24, 2.45) is 5.73 Å². The molecule has 0 fully saturated rings. The maximum Gasteiger partial charge on any atom is 0.315 e. The third kappa shape index (κ3) is 3.91. The normalized spacial score (nSPS) is 9.33. The number of rotatable bonds is 3. The highest BCUT2D eigenvalue weighted by molar-refractivity contribution is 7.80. The molecule has 1 rings (SSSR count). The van der Waals surface area contributed by atoms with Gasteiger partial charge >= 0.3 is 11.8 Å². The molecule has 0 aromatic carbocycles. The van der Waals surface area contributed by atoms with Crippen molar-refractivity contribution < 1.29 is 9.59 Å². The molecule has 0 saturated carbocycles. The van der Waals surface area contributed by atoms with Crippen LogP contribution in [0.2, 0.25) is 0 Å². The molecule has 8 nitrogen and oxygen atoms in total. The largest absolute Gasteiger partial charge is 0.392 e. The lowest BCUT2D eigenvalue weighted by atomic mass is 10.5. The van der Waals surface area contributed by atoms with Gasteiger partial charge in [-0.2, -0.15) is 0 Å². The predicted molar refractivity (Wildman–Crippen MR) is 56.1 cm³/mol. The molecule has 0 radical (unpaired) electrons. The molecule has 0 aliphatic heterocycles. The molecule has 1 aromatic rings.